The average Bonchev–Trinajstić information content (AvgIpc) is 3.31. The fourth-order valence-corrected chi connectivity index (χ4v) is 5.82. The summed E-state index contributed by atoms with van der Waals surface area (Å²) in [4.78, 5) is 13.8. The molecule has 0 saturated heterocycles. The van der Waals surface area contributed by atoms with E-state index in [2.05, 4.69) is 30.1 Å². The Labute approximate surface area is 238 Å². The third-order valence-corrected chi connectivity index (χ3v) is 8.15. The Kier molecular flexibility index (Phi) is 9.70. The van der Waals surface area contributed by atoms with Gasteiger partial charge in [0.05, 0.1) is 5.69 Å². The molecule has 20 heteroatoms. The molecule has 3 rings (SSSR count). The zero-order chi connectivity index (χ0) is 31.7. The number of hydrogen-bond acceptors (Lipinski definition) is 10. The number of alkyl halides is 8. The van der Waals surface area contributed by atoms with Gasteiger partial charge < -0.3 is 9.64 Å². The topological polar surface area (TPSA) is 126 Å². The molecule has 10 nitrogen and oxygen atoms in total. The van der Waals surface area contributed by atoms with Crippen LogP contribution in [0.4, 0.5) is 57.3 Å². The summed E-state index contributed by atoms with van der Waals surface area (Å²) in [7, 11) is -4.97. The van der Waals surface area contributed by atoms with Crippen LogP contribution < -0.4 is 9.62 Å². The van der Waals surface area contributed by atoms with Gasteiger partial charge in [-0.05, 0) is 50.3 Å². The number of hydrogen-bond donors (Lipinski definition) is 1. The van der Waals surface area contributed by atoms with Crippen molar-refractivity contribution in [2.45, 2.75) is 77.0 Å². The number of carbonyl (C=O) groups excluding carboxylic acids is 1. The molecule has 0 saturated carbocycles. The first kappa shape index (κ1) is 33.3. The number of azo groups is 1. The second-order valence-corrected chi connectivity index (χ2v) is 11.9. The lowest BCUT2D eigenvalue weighted by atomic mass is 9.92. The van der Waals surface area contributed by atoms with Crippen LogP contribution in [0.2, 0.25) is 0 Å². The van der Waals surface area contributed by atoms with Crippen molar-refractivity contribution in [3.05, 3.63) is 22.7 Å². The summed E-state index contributed by atoms with van der Waals surface area (Å²) in [6.45, 7) is 5.88. The lowest BCUT2D eigenvalue weighted by molar-refractivity contribution is -0.370. The Morgan fingerprint density at radius 3 is 2.33 bits per heavy atom. The quantitative estimate of drug-likeness (QED) is 0.168. The van der Waals surface area contributed by atoms with Crippen molar-refractivity contribution in [1.29, 1.82) is 0 Å². The van der Waals surface area contributed by atoms with Crippen LogP contribution in [-0.4, -0.2) is 60.9 Å². The Hall–Kier alpha value is -3.16. The summed E-state index contributed by atoms with van der Waals surface area (Å²) >= 11 is 0.124. The molecule has 0 bridgehead atoms. The van der Waals surface area contributed by atoms with Crippen molar-refractivity contribution in [3.63, 3.8) is 0 Å². The Morgan fingerprint density at radius 2 is 1.76 bits per heavy atom. The maximum atomic E-state index is 13.0. The van der Waals surface area contributed by atoms with Gasteiger partial charge in [-0.15, -0.1) is 20.4 Å². The van der Waals surface area contributed by atoms with Crippen LogP contribution in [0.5, 0.6) is 0 Å². The zero-order valence-electron chi connectivity index (χ0n) is 22.1. The highest BCUT2D eigenvalue weighted by molar-refractivity contribution is 7.92. The number of ether oxygens (including phenoxy) is 1. The van der Waals surface area contributed by atoms with E-state index in [4.69, 9.17) is 0 Å². The average molecular weight is 653 g/mol. The number of esters is 1. The first-order chi connectivity index (χ1) is 19.3. The van der Waals surface area contributed by atoms with Crippen LogP contribution in [-0.2, 0) is 21.2 Å². The third kappa shape index (κ3) is 8.01. The summed E-state index contributed by atoms with van der Waals surface area (Å²) in [6, 6.07) is 2.81. The van der Waals surface area contributed by atoms with Crippen molar-refractivity contribution in [2.24, 2.45) is 10.2 Å². The van der Waals surface area contributed by atoms with Gasteiger partial charge in [0, 0.05) is 17.8 Å². The Bertz CT molecular complexity index is 1420. The highest BCUT2D eigenvalue weighted by Crippen LogP contribution is 2.42. The fourth-order valence-electron chi connectivity index (χ4n) is 4.28. The molecule has 1 aliphatic rings. The maximum Gasteiger partial charge on any atom is 0.501 e. The molecular weight excluding hydrogens is 628 g/mol. The minimum atomic E-state index is -6.18. The van der Waals surface area contributed by atoms with Crippen molar-refractivity contribution in [2.75, 3.05) is 15.4 Å². The van der Waals surface area contributed by atoms with E-state index in [1.54, 1.807) is 0 Å². The number of fused-ring (bicyclic) bond motifs is 1. The van der Waals surface area contributed by atoms with Gasteiger partial charge in [0.15, 0.2) is 5.75 Å². The fraction of sp³-hybridized carbons (Fsp3) is 0.591. The van der Waals surface area contributed by atoms with Gasteiger partial charge in [-0.25, -0.2) is 13.2 Å². The van der Waals surface area contributed by atoms with E-state index in [0.29, 0.717) is 24.1 Å². The zero-order valence-corrected chi connectivity index (χ0v) is 23.7. The van der Waals surface area contributed by atoms with Gasteiger partial charge in [0.25, 0.3) is 5.13 Å². The number of carbonyl (C=O) groups is 1. The second kappa shape index (κ2) is 12.2. The van der Waals surface area contributed by atoms with Crippen molar-refractivity contribution in [1.82, 2.24) is 10.2 Å². The number of nitrogens with one attached hydrogen (secondary N) is 1. The molecule has 234 valence electrons. The summed E-state index contributed by atoms with van der Waals surface area (Å²) < 4.78 is 131. The standard InChI is InChI=1S/C22H24F8N6O4S2/c1-4-13(5-2)36-11(3)6-7-12-8-14(15(9-16(12)36)35-42(38,39)10-20(23,24)25)31-33-19-34-32-17(41-19)18(37)40-22(29,30)21(26,27)28/h8-9,11,13,35H,4-7,10H2,1-3H3. The number of benzene rings is 1. The van der Waals surface area contributed by atoms with Crippen molar-refractivity contribution >= 4 is 49.5 Å². The molecule has 42 heavy (non-hydrogen) atoms. The summed E-state index contributed by atoms with van der Waals surface area (Å²) in [6.07, 6.45) is -14.4. The molecule has 0 radical (unpaired) electrons. The molecular formula is C22H24F8N6O4S2. The van der Waals surface area contributed by atoms with E-state index < -0.39 is 50.3 Å². The van der Waals surface area contributed by atoms with Gasteiger partial charge in [-0.1, -0.05) is 25.2 Å². The normalized spacial score (nSPS) is 16.7. The van der Waals surface area contributed by atoms with Crippen LogP contribution in [0, 0.1) is 0 Å². The number of rotatable bonds is 10. The van der Waals surface area contributed by atoms with Gasteiger partial charge in [0.1, 0.15) is 5.69 Å². The van der Waals surface area contributed by atoms with Gasteiger partial charge in [-0.2, -0.15) is 35.1 Å². The van der Waals surface area contributed by atoms with E-state index in [0.717, 1.165) is 12.8 Å². The van der Waals surface area contributed by atoms with Crippen LogP contribution in [0.15, 0.2) is 22.4 Å². The molecule has 1 unspecified atom stereocenters. The predicted molar refractivity (Wildman–Crippen MR) is 135 cm³/mol. The number of nitrogens with zero attached hydrogens (tertiary/aromatic N) is 5. The lowest BCUT2D eigenvalue weighted by Gasteiger charge is -2.42. The van der Waals surface area contributed by atoms with Gasteiger partial charge in [-0.3, -0.25) is 4.72 Å². The number of halogens is 8. The smallest absolute Gasteiger partial charge is 0.388 e. The number of aryl methyl sites for hydroxylation is 1. The van der Waals surface area contributed by atoms with Gasteiger partial charge in [0.2, 0.25) is 15.0 Å². The van der Waals surface area contributed by atoms with Gasteiger partial charge >= 0.3 is 24.4 Å². The molecule has 0 amide bonds. The maximum absolute atomic E-state index is 13.0. The predicted octanol–water partition coefficient (Wildman–Crippen LogP) is 6.90. The SMILES string of the molecule is CCC(CC)N1c2cc(NS(=O)(=O)CC(F)(F)F)c(N=Nc3nnc(C(=O)OC(F)(F)C(F)(F)F)s3)cc2CCC1C. The molecule has 2 aromatic rings. The minimum absolute atomic E-state index is 0.0267. The molecule has 1 aromatic heterocycles. The minimum Gasteiger partial charge on any atom is -0.388 e. The molecule has 0 spiro atoms. The number of anilines is 2. The van der Waals surface area contributed by atoms with Crippen LogP contribution >= 0.6 is 11.3 Å². The highest BCUT2D eigenvalue weighted by atomic mass is 32.2. The summed E-state index contributed by atoms with van der Waals surface area (Å²) in [5.74, 6) is -4.34. The molecule has 1 N–H and O–H groups in total. The number of sulfonamides is 1. The molecule has 0 fully saturated rings. The molecule has 1 aliphatic heterocycles. The Morgan fingerprint density at radius 1 is 1.12 bits per heavy atom. The van der Waals surface area contributed by atoms with Crippen LogP contribution in [0.3, 0.4) is 0 Å². The largest absolute Gasteiger partial charge is 0.501 e. The lowest BCUT2D eigenvalue weighted by Crippen LogP contribution is -2.44. The van der Waals surface area contributed by atoms with E-state index in [-0.39, 0.29) is 34.8 Å². The third-order valence-electron chi connectivity index (χ3n) is 6.12. The van der Waals surface area contributed by atoms with Crippen LogP contribution in [0.1, 0.15) is 55.4 Å². The Balaban J connectivity index is 2.01. The highest BCUT2D eigenvalue weighted by Gasteiger charge is 2.62. The monoisotopic (exact) mass is 652 g/mol. The van der Waals surface area contributed by atoms with Crippen LogP contribution in [0.25, 0.3) is 0 Å². The summed E-state index contributed by atoms with van der Waals surface area (Å²) in [5, 5.41) is 12.3. The second-order valence-electron chi connectivity index (χ2n) is 9.23. The van der Waals surface area contributed by atoms with E-state index in [1.165, 1.54) is 12.1 Å². The van der Waals surface area contributed by atoms with E-state index in [9.17, 15) is 48.3 Å². The molecule has 2 heterocycles. The summed E-state index contributed by atoms with van der Waals surface area (Å²) in [5.41, 5.74) is 0.656. The van der Waals surface area contributed by atoms with Crippen molar-refractivity contribution < 1.29 is 53.1 Å². The van der Waals surface area contributed by atoms with Crippen molar-refractivity contribution in [3.8, 4) is 0 Å². The first-order valence-electron chi connectivity index (χ1n) is 12.2. The molecule has 1 aromatic carbocycles. The molecule has 0 aliphatic carbocycles. The molecule has 1 atom stereocenters. The van der Waals surface area contributed by atoms with E-state index in [1.807, 2.05) is 25.5 Å². The number of aromatic nitrogens is 2. The first-order valence-corrected chi connectivity index (χ1v) is 14.7. The van der Waals surface area contributed by atoms with E-state index >= 15 is 0 Å².